The van der Waals surface area contributed by atoms with Crippen LogP contribution in [0.5, 0.6) is 0 Å². The molecule has 4 rings (SSSR count). The van der Waals surface area contributed by atoms with Gasteiger partial charge in [0.1, 0.15) is 5.69 Å². The zero-order chi connectivity index (χ0) is 19.9. The van der Waals surface area contributed by atoms with Crippen molar-refractivity contribution in [3.63, 3.8) is 0 Å². The molecule has 0 aliphatic carbocycles. The van der Waals surface area contributed by atoms with Gasteiger partial charge in [-0.15, -0.1) is 0 Å². The SMILES string of the molecule is S=C(NC[C@H]1CCCO1)N/N=C\c1cn(-c2ccccc2)nc1-c1ccccc1. The summed E-state index contributed by atoms with van der Waals surface area (Å²) in [4.78, 5) is 0. The van der Waals surface area contributed by atoms with Gasteiger partial charge < -0.3 is 10.1 Å². The molecular weight excluding hydrogens is 382 g/mol. The van der Waals surface area contributed by atoms with E-state index in [1.165, 1.54) is 0 Å². The van der Waals surface area contributed by atoms with Crippen LogP contribution in [-0.4, -0.2) is 40.4 Å². The van der Waals surface area contributed by atoms with E-state index in [4.69, 9.17) is 22.1 Å². The Labute approximate surface area is 175 Å². The summed E-state index contributed by atoms with van der Waals surface area (Å²) in [5, 5.41) is 12.7. The van der Waals surface area contributed by atoms with E-state index in [-0.39, 0.29) is 6.10 Å². The van der Waals surface area contributed by atoms with Crippen molar-refractivity contribution in [1.29, 1.82) is 0 Å². The van der Waals surface area contributed by atoms with Crippen LogP contribution in [0.25, 0.3) is 16.9 Å². The Morgan fingerprint density at radius 1 is 1.17 bits per heavy atom. The lowest BCUT2D eigenvalue weighted by atomic mass is 10.1. The van der Waals surface area contributed by atoms with Crippen molar-refractivity contribution >= 4 is 23.5 Å². The second-order valence-corrected chi connectivity index (χ2v) is 7.20. The smallest absolute Gasteiger partial charge is 0.187 e. The summed E-state index contributed by atoms with van der Waals surface area (Å²) < 4.78 is 7.45. The summed E-state index contributed by atoms with van der Waals surface area (Å²) in [6, 6.07) is 20.1. The van der Waals surface area contributed by atoms with E-state index in [1.54, 1.807) is 6.21 Å². The lowest BCUT2D eigenvalue weighted by molar-refractivity contribution is 0.114. The third-order valence-electron chi connectivity index (χ3n) is 4.69. The molecule has 0 saturated carbocycles. The molecule has 7 heteroatoms. The Bertz CT molecular complexity index is 965. The highest BCUT2D eigenvalue weighted by atomic mass is 32.1. The number of rotatable bonds is 6. The van der Waals surface area contributed by atoms with Crippen LogP contribution in [0.3, 0.4) is 0 Å². The van der Waals surface area contributed by atoms with Gasteiger partial charge in [0.15, 0.2) is 5.11 Å². The van der Waals surface area contributed by atoms with Crippen LogP contribution in [0, 0.1) is 0 Å². The summed E-state index contributed by atoms with van der Waals surface area (Å²) >= 11 is 5.30. The molecule has 1 fully saturated rings. The van der Waals surface area contributed by atoms with Gasteiger partial charge in [0.25, 0.3) is 0 Å². The number of ether oxygens (including phenoxy) is 1. The fourth-order valence-electron chi connectivity index (χ4n) is 3.23. The summed E-state index contributed by atoms with van der Waals surface area (Å²) in [5.74, 6) is 0. The van der Waals surface area contributed by atoms with Gasteiger partial charge in [-0.3, -0.25) is 5.43 Å². The van der Waals surface area contributed by atoms with Crippen molar-refractivity contribution in [1.82, 2.24) is 20.5 Å². The third kappa shape index (κ3) is 5.07. The zero-order valence-electron chi connectivity index (χ0n) is 16.0. The van der Waals surface area contributed by atoms with E-state index in [2.05, 4.69) is 15.8 Å². The van der Waals surface area contributed by atoms with E-state index in [1.807, 2.05) is 71.5 Å². The van der Waals surface area contributed by atoms with Crippen molar-refractivity contribution in [3.8, 4) is 16.9 Å². The number of thiocarbonyl (C=S) groups is 1. The van der Waals surface area contributed by atoms with Crippen LogP contribution in [0.4, 0.5) is 0 Å². The maximum absolute atomic E-state index is 5.59. The molecule has 0 amide bonds. The molecule has 0 unspecified atom stereocenters. The highest BCUT2D eigenvalue weighted by Crippen LogP contribution is 2.22. The first-order valence-corrected chi connectivity index (χ1v) is 10.1. The molecule has 1 saturated heterocycles. The van der Waals surface area contributed by atoms with Gasteiger partial charge in [-0.1, -0.05) is 48.5 Å². The van der Waals surface area contributed by atoms with Crippen LogP contribution in [-0.2, 0) is 4.74 Å². The normalized spacial score (nSPS) is 16.2. The highest BCUT2D eigenvalue weighted by molar-refractivity contribution is 7.80. The first-order valence-electron chi connectivity index (χ1n) is 9.68. The zero-order valence-corrected chi connectivity index (χ0v) is 16.8. The molecule has 0 radical (unpaired) electrons. The van der Waals surface area contributed by atoms with Gasteiger partial charge >= 0.3 is 0 Å². The first-order chi connectivity index (χ1) is 14.3. The molecule has 2 heterocycles. The van der Waals surface area contributed by atoms with Crippen molar-refractivity contribution < 1.29 is 4.74 Å². The van der Waals surface area contributed by atoms with Crippen molar-refractivity contribution in [2.75, 3.05) is 13.2 Å². The number of benzene rings is 2. The molecule has 2 N–H and O–H groups in total. The third-order valence-corrected chi connectivity index (χ3v) is 4.93. The van der Waals surface area contributed by atoms with Gasteiger partial charge in [0, 0.05) is 30.5 Å². The molecular formula is C22H23N5OS. The number of nitrogens with one attached hydrogen (secondary N) is 2. The second-order valence-electron chi connectivity index (χ2n) is 6.79. The van der Waals surface area contributed by atoms with E-state index < -0.39 is 0 Å². The van der Waals surface area contributed by atoms with Gasteiger partial charge in [-0.25, -0.2) is 4.68 Å². The maximum Gasteiger partial charge on any atom is 0.187 e. The Morgan fingerprint density at radius 3 is 2.66 bits per heavy atom. The molecule has 1 aromatic heterocycles. The number of hydrogen-bond acceptors (Lipinski definition) is 4. The highest BCUT2D eigenvalue weighted by Gasteiger charge is 2.15. The number of hydrogen-bond donors (Lipinski definition) is 2. The molecule has 6 nitrogen and oxygen atoms in total. The molecule has 0 bridgehead atoms. The minimum atomic E-state index is 0.229. The fraction of sp³-hybridized carbons (Fsp3) is 0.227. The first kappa shape index (κ1) is 19.3. The standard InChI is InChI=1S/C22H23N5OS/c29-22(23-15-20-12-7-13-28-20)25-24-14-18-16-27(19-10-5-2-6-11-19)26-21(18)17-8-3-1-4-9-17/h1-6,8-11,14,16,20H,7,12-13,15H2,(H2,23,25,29)/b24-14-/t20-/m1/s1. The number of aromatic nitrogens is 2. The minimum absolute atomic E-state index is 0.229. The molecule has 1 aliphatic rings. The summed E-state index contributed by atoms with van der Waals surface area (Å²) in [7, 11) is 0. The van der Waals surface area contributed by atoms with Gasteiger partial charge in [-0.05, 0) is 37.2 Å². The summed E-state index contributed by atoms with van der Waals surface area (Å²) in [5.41, 5.74) is 6.66. The van der Waals surface area contributed by atoms with Crippen LogP contribution < -0.4 is 10.7 Å². The van der Waals surface area contributed by atoms with Crippen molar-refractivity contribution in [3.05, 3.63) is 72.4 Å². The van der Waals surface area contributed by atoms with Crippen molar-refractivity contribution in [2.45, 2.75) is 18.9 Å². The molecule has 0 spiro atoms. The molecule has 29 heavy (non-hydrogen) atoms. The van der Waals surface area contributed by atoms with Crippen LogP contribution in [0.15, 0.2) is 72.0 Å². The lowest BCUT2D eigenvalue weighted by Gasteiger charge is -2.11. The fourth-order valence-corrected chi connectivity index (χ4v) is 3.36. The lowest BCUT2D eigenvalue weighted by Crippen LogP contribution is -2.37. The summed E-state index contributed by atoms with van der Waals surface area (Å²) in [6.07, 6.45) is 6.11. The van der Waals surface area contributed by atoms with E-state index >= 15 is 0 Å². The average Bonchev–Trinajstić information content (AvgIpc) is 3.44. The Balaban J connectivity index is 1.48. The minimum Gasteiger partial charge on any atom is -0.376 e. The Hall–Kier alpha value is -3.03. The van der Waals surface area contributed by atoms with E-state index in [0.717, 1.165) is 42.0 Å². The predicted octanol–water partition coefficient (Wildman–Crippen LogP) is 3.52. The van der Waals surface area contributed by atoms with E-state index in [0.29, 0.717) is 11.7 Å². The van der Waals surface area contributed by atoms with E-state index in [9.17, 15) is 0 Å². The predicted molar refractivity (Wildman–Crippen MR) is 119 cm³/mol. The van der Waals surface area contributed by atoms with Crippen LogP contribution in [0.2, 0.25) is 0 Å². The number of para-hydroxylation sites is 1. The van der Waals surface area contributed by atoms with Crippen LogP contribution >= 0.6 is 12.2 Å². The Morgan fingerprint density at radius 2 is 1.93 bits per heavy atom. The second kappa shape index (κ2) is 9.45. The molecule has 1 atom stereocenters. The molecule has 2 aromatic carbocycles. The van der Waals surface area contributed by atoms with Gasteiger partial charge in [0.2, 0.25) is 0 Å². The number of nitrogens with zero attached hydrogens (tertiary/aromatic N) is 3. The maximum atomic E-state index is 5.59. The van der Waals surface area contributed by atoms with Crippen molar-refractivity contribution in [2.24, 2.45) is 5.10 Å². The topological polar surface area (TPSA) is 63.5 Å². The monoisotopic (exact) mass is 405 g/mol. The van der Waals surface area contributed by atoms with Gasteiger partial charge in [-0.2, -0.15) is 10.2 Å². The molecule has 148 valence electrons. The summed E-state index contributed by atoms with van der Waals surface area (Å²) in [6.45, 7) is 1.53. The van der Waals surface area contributed by atoms with Crippen LogP contribution in [0.1, 0.15) is 18.4 Å². The Kier molecular flexibility index (Phi) is 6.29. The average molecular weight is 406 g/mol. The molecule has 1 aliphatic heterocycles. The largest absolute Gasteiger partial charge is 0.376 e. The number of hydrazone groups is 1. The molecule has 3 aromatic rings. The van der Waals surface area contributed by atoms with Gasteiger partial charge in [0.05, 0.1) is 18.0 Å². The quantitative estimate of drug-likeness (QED) is 0.373.